The fourth-order valence-corrected chi connectivity index (χ4v) is 2.56. The third kappa shape index (κ3) is 2.07. The van der Waals surface area contributed by atoms with Crippen LogP contribution < -0.4 is 5.32 Å². The SMILES string of the molecule is CNC1CCCCc2cc(C)c(C)cc21. The van der Waals surface area contributed by atoms with E-state index in [1.54, 1.807) is 5.56 Å². The van der Waals surface area contributed by atoms with Crippen molar-refractivity contribution in [2.45, 2.75) is 45.6 Å². The number of nitrogens with one attached hydrogen (secondary N) is 1. The zero-order valence-electron chi connectivity index (χ0n) is 10.1. The van der Waals surface area contributed by atoms with E-state index in [1.807, 2.05) is 0 Å². The molecule has 0 fully saturated rings. The zero-order chi connectivity index (χ0) is 10.8. The van der Waals surface area contributed by atoms with Crippen molar-refractivity contribution in [3.8, 4) is 0 Å². The standard InChI is InChI=1S/C14H21N/c1-10-8-12-6-4-5-7-14(15-3)13(12)9-11(10)2/h8-9,14-15H,4-7H2,1-3H3. The van der Waals surface area contributed by atoms with Gasteiger partial charge in [-0.1, -0.05) is 18.6 Å². The molecule has 0 spiro atoms. The van der Waals surface area contributed by atoms with E-state index in [-0.39, 0.29) is 0 Å². The van der Waals surface area contributed by atoms with Crippen LogP contribution in [0, 0.1) is 13.8 Å². The molecule has 1 unspecified atom stereocenters. The summed E-state index contributed by atoms with van der Waals surface area (Å²) in [6, 6.07) is 5.35. The Kier molecular flexibility index (Phi) is 3.11. The van der Waals surface area contributed by atoms with E-state index in [0.717, 1.165) is 0 Å². The molecule has 0 radical (unpaired) electrons. The van der Waals surface area contributed by atoms with Gasteiger partial charge in [0.2, 0.25) is 0 Å². The Bertz CT molecular complexity index is 355. The lowest BCUT2D eigenvalue weighted by atomic mass is 9.94. The molecule has 0 aromatic heterocycles. The molecular formula is C14H21N. The van der Waals surface area contributed by atoms with Crippen LogP contribution in [0.2, 0.25) is 0 Å². The van der Waals surface area contributed by atoms with Gasteiger partial charge in [0.05, 0.1) is 0 Å². The number of benzene rings is 1. The van der Waals surface area contributed by atoms with Crippen molar-refractivity contribution < 1.29 is 0 Å². The summed E-state index contributed by atoms with van der Waals surface area (Å²) in [5.41, 5.74) is 5.97. The van der Waals surface area contributed by atoms with Crippen molar-refractivity contribution >= 4 is 0 Å². The van der Waals surface area contributed by atoms with E-state index >= 15 is 0 Å². The van der Waals surface area contributed by atoms with Crippen LogP contribution in [0.1, 0.15) is 47.6 Å². The van der Waals surface area contributed by atoms with Gasteiger partial charge in [0.25, 0.3) is 0 Å². The molecule has 1 heteroatoms. The molecule has 2 rings (SSSR count). The summed E-state index contributed by atoms with van der Waals surface area (Å²) in [7, 11) is 2.08. The van der Waals surface area contributed by atoms with Crippen molar-refractivity contribution in [1.82, 2.24) is 5.32 Å². The Hall–Kier alpha value is -0.820. The van der Waals surface area contributed by atoms with Crippen LogP contribution in [0.3, 0.4) is 0 Å². The van der Waals surface area contributed by atoms with Gasteiger partial charge in [-0.2, -0.15) is 0 Å². The maximum absolute atomic E-state index is 3.45. The van der Waals surface area contributed by atoms with Gasteiger partial charge in [0.15, 0.2) is 0 Å². The third-order valence-corrected chi connectivity index (χ3v) is 3.67. The van der Waals surface area contributed by atoms with Gasteiger partial charge in [0.1, 0.15) is 0 Å². The number of hydrogen-bond acceptors (Lipinski definition) is 1. The van der Waals surface area contributed by atoms with Gasteiger partial charge < -0.3 is 5.32 Å². The molecule has 82 valence electrons. The van der Waals surface area contributed by atoms with E-state index in [1.165, 1.54) is 42.4 Å². The van der Waals surface area contributed by atoms with Crippen LogP contribution >= 0.6 is 0 Å². The van der Waals surface area contributed by atoms with Gasteiger partial charge in [-0.3, -0.25) is 0 Å². The summed E-state index contributed by atoms with van der Waals surface area (Å²) in [5.74, 6) is 0. The Morgan fingerprint density at radius 3 is 2.60 bits per heavy atom. The van der Waals surface area contributed by atoms with Crippen molar-refractivity contribution in [3.63, 3.8) is 0 Å². The van der Waals surface area contributed by atoms with Gasteiger partial charge in [-0.05, 0) is 62.4 Å². The van der Waals surface area contributed by atoms with Gasteiger partial charge >= 0.3 is 0 Å². The van der Waals surface area contributed by atoms with Gasteiger partial charge in [0, 0.05) is 6.04 Å². The molecule has 0 heterocycles. The number of hydrogen-bond donors (Lipinski definition) is 1. The predicted molar refractivity (Wildman–Crippen MR) is 65.3 cm³/mol. The Morgan fingerprint density at radius 2 is 1.87 bits per heavy atom. The number of fused-ring (bicyclic) bond motifs is 1. The molecule has 15 heavy (non-hydrogen) atoms. The zero-order valence-corrected chi connectivity index (χ0v) is 10.1. The minimum absolute atomic E-state index is 0.571. The van der Waals surface area contributed by atoms with Crippen LogP contribution in [-0.4, -0.2) is 7.05 Å². The molecule has 0 aliphatic heterocycles. The number of rotatable bonds is 1. The summed E-state index contributed by atoms with van der Waals surface area (Å²) in [5, 5.41) is 3.45. The molecule has 0 saturated carbocycles. The van der Waals surface area contributed by atoms with Crippen LogP contribution in [0.15, 0.2) is 12.1 Å². The predicted octanol–water partition coefficient (Wildman–Crippen LogP) is 3.29. The smallest absolute Gasteiger partial charge is 0.0320 e. The van der Waals surface area contributed by atoms with E-state index in [0.29, 0.717) is 6.04 Å². The molecule has 1 nitrogen and oxygen atoms in total. The molecule has 1 atom stereocenters. The molecule has 1 N–H and O–H groups in total. The average Bonchev–Trinajstić information content (AvgIpc) is 2.41. The van der Waals surface area contributed by atoms with Crippen molar-refractivity contribution in [1.29, 1.82) is 0 Å². The molecule has 0 bridgehead atoms. The molecule has 1 aromatic carbocycles. The van der Waals surface area contributed by atoms with Crippen molar-refractivity contribution in [2.24, 2.45) is 0 Å². The van der Waals surface area contributed by atoms with E-state index in [9.17, 15) is 0 Å². The largest absolute Gasteiger partial charge is 0.313 e. The van der Waals surface area contributed by atoms with Crippen LogP contribution in [0.4, 0.5) is 0 Å². The first-order chi connectivity index (χ1) is 7.22. The first kappa shape index (κ1) is 10.7. The second kappa shape index (κ2) is 4.36. The fraction of sp³-hybridized carbons (Fsp3) is 0.571. The van der Waals surface area contributed by atoms with E-state index < -0.39 is 0 Å². The minimum atomic E-state index is 0.571. The molecule has 0 saturated heterocycles. The lowest BCUT2D eigenvalue weighted by Gasteiger charge is -2.18. The number of aryl methyl sites for hydroxylation is 3. The van der Waals surface area contributed by atoms with E-state index in [4.69, 9.17) is 0 Å². The lowest BCUT2D eigenvalue weighted by Crippen LogP contribution is -2.16. The van der Waals surface area contributed by atoms with Crippen LogP contribution in [0.5, 0.6) is 0 Å². The molecule has 1 aliphatic rings. The second-order valence-electron chi connectivity index (χ2n) is 4.72. The van der Waals surface area contributed by atoms with Gasteiger partial charge in [-0.25, -0.2) is 0 Å². The monoisotopic (exact) mass is 203 g/mol. The highest BCUT2D eigenvalue weighted by molar-refractivity contribution is 5.39. The fourth-order valence-electron chi connectivity index (χ4n) is 2.56. The van der Waals surface area contributed by atoms with Gasteiger partial charge in [-0.15, -0.1) is 0 Å². The Labute approximate surface area is 92.9 Å². The summed E-state index contributed by atoms with van der Waals surface area (Å²) < 4.78 is 0. The van der Waals surface area contributed by atoms with Crippen LogP contribution in [-0.2, 0) is 6.42 Å². The Balaban J connectivity index is 2.46. The average molecular weight is 203 g/mol. The molecular weight excluding hydrogens is 182 g/mol. The quantitative estimate of drug-likeness (QED) is 0.691. The second-order valence-corrected chi connectivity index (χ2v) is 4.72. The maximum Gasteiger partial charge on any atom is 0.0320 e. The summed E-state index contributed by atoms with van der Waals surface area (Å²) in [4.78, 5) is 0. The highest BCUT2D eigenvalue weighted by Gasteiger charge is 2.17. The normalized spacial score (nSPS) is 20.9. The summed E-state index contributed by atoms with van der Waals surface area (Å²) in [6.07, 6.45) is 5.23. The van der Waals surface area contributed by atoms with Crippen molar-refractivity contribution in [3.05, 3.63) is 34.4 Å². The third-order valence-electron chi connectivity index (χ3n) is 3.67. The lowest BCUT2D eigenvalue weighted by molar-refractivity contribution is 0.533. The molecule has 1 aliphatic carbocycles. The first-order valence-electron chi connectivity index (χ1n) is 5.99. The van der Waals surface area contributed by atoms with Crippen molar-refractivity contribution in [2.75, 3.05) is 7.05 Å². The highest BCUT2D eigenvalue weighted by Crippen LogP contribution is 2.30. The molecule has 0 amide bonds. The molecule has 1 aromatic rings. The summed E-state index contributed by atoms with van der Waals surface area (Å²) >= 11 is 0. The Morgan fingerprint density at radius 1 is 1.13 bits per heavy atom. The highest BCUT2D eigenvalue weighted by atomic mass is 14.9. The van der Waals surface area contributed by atoms with E-state index in [2.05, 4.69) is 38.3 Å². The first-order valence-corrected chi connectivity index (χ1v) is 5.99. The maximum atomic E-state index is 3.45. The van der Waals surface area contributed by atoms with Crippen LogP contribution in [0.25, 0.3) is 0 Å². The minimum Gasteiger partial charge on any atom is -0.313 e. The summed E-state index contributed by atoms with van der Waals surface area (Å²) in [6.45, 7) is 4.43. The topological polar surface area (TPSA) is 12.0 Å².